The predicted octanol–water partition coefficient (Wildman–Crippen LogP) is 2.76. The standard InChI is InChI=1S/C13H24N2O/c1-13(2)8-4-3-7-11(13)14-12(16)15-9-5-6-10-15/h11H,3-10H2,1-2H3,(H,14,16). The molecule has 0 radical (unpaired) electrons. The third kappa shape index (κ3) is 2.50. The number of nitrogens with one attached hydrogen (secondary N) is 1. The highest BCUT2D eigenvalue weighted by atomic mass is 16.2. The largest absolute Gasteiger partial charge is 0.335 e. The van der Waals surface area contributed by atoms with Crippen molar-refractivity contribution in [2.75, 3.05) is 13.1 Å². The summed E-state index contributed by atoms with van der Waals surface area (Å²) in [5.74, 6) is 0. The second kappa shape index (κ2) is 4.64. The molecule has 2 fully saturated rings. The van der Waals surface area contributed by atoms with E-state index >= 15 is 0 Å². The van der Waals surface area contributed by atoms with Crippen molar-refractivity contribution in [3.63, 3.8) is 0 Å². The molecule has 16 heavy (non-hydrogen) atoms. The average Bonchev–Trinajstić information content (AvgIpc) is 2.74. The first-order valence-electron chi connectivity index (χ1n) is 6.65. The fourth-order valence-electron chi connectivity index (χ4n) is 2.92. The van der Waals surface area contributed by atoms with Crippen molar-refractivity contribution in [1.82, 2.24) is 10.2 Å². The van der Waals surface area contributed by atoms with Gasteiger partial charge in [0.05, 0.1) is 0 Å². The van der Waals surface area contributed by atoms with E-state index in [9.17, 15) is 4.79 Å². The summed E-state index contributed by atoms with van der Waals surface area (Å²) < 4.78 is 0. The number of hydrogen-bond acceptors (Lipinski definition) is 1. The van der Waals surface area contributed by atoms with Gasteiger partial charge in [0, 0.05) is 19.1 Å². The van der Waals surface area contributed by atoms with Gasteiger partial charge in [-0.1, -0.05) is 26.7 Å². The van der Waals surface area contributed by atoms with Crippen molar-refractivity contribution in [2.24, 2.45) is 5.41 Å². The van der Waals surface area contributed by atoms with E-state index in [0.29, 0.717) is 6.04 Å². The number of amides is 2. The van der Waals surface area contributed by atoms with E-state index < -0.39 is 0 Å². The fourth-order valence-corrected chi connectivity index (χ4v) is 2.92. The summed E-state index contributed by atoms with van der Waals surface area (Å²) in [5.41, 5.74) is 0.271. The van der Waals surface area contributed by atoms with Crippen LogP contribution < -0.4 is 5.32 Å². The number of urea groups is 1. The molecule has 3 nitrogen and oxygen atoms in total. The molecule has 92 valence electrons. The molecule has 3 heteroatoms. The molecule has 1 aliphatic heterocycles. The van der Waals surface area contributed by atoms with Crippen molar-refractivity contribution in [1.29, 1.82) is 0 Å². The van der Waals surface area contributed by atoms with Crippen molar-refractivity contribution < 1.29 is 4.79 Å². The van der Waals surface area contributed by atoms with E-state index in [1.54, 1.807) is 0 Å². The highest BCUT2D eigenvalue weighted by Crippen LogP contribution is 2.35. The van der Waals surface area contributed by atoms with Crippen molar-refractivity contribution >= 4 is 6.03 Å². The highest BCUT2D eigenvalue weighted by molar-refractivity contribution is 5.74. The van der Waals surface area contributed by atoms with E-state index in [-0.39, 0.29) is 11.4 Å². The van der Waals surface area contributed by atoms with Gasteiger partial charge in [0.15, 0.2) is 0 Å². The normalized spacial score (nSPS) is 29.1. The number of nitrogens with zero attached hydrogens (tertiary/aromatic N) is 1. The SMILES string of the molecule is CC1(C)CCCCC1NC(=O)N1CCCC1. The molecule has 1 saturated heterocycles. The Hall–Kier alpha value is -0.730. The Morgan fingerprint density at radius 1 is 1.19 bits per heavy atom. The Bertz CT molecular complexity index is 257. The van der Waals surface area contributed by atoms with E-state index in [4.69, 9.17) is 0 Å². The predicted molar refractivity (Wildman–Crippen MR) is 65.4 cm³/mol. The van der Waals surface area contributed by atoms with Gasteiger partial charge < -0.3 is 10.2 Å². The minimum absolute atomic E-state index is 0.164. The second-order valence-corrected chi connectivity index (χ2v) is 5.93. The van der Waals surface area contributed by atoms with Crippen LogP contribution in [0.5, 0.6) is 0 Å². The summed E-state index contributed by atoms with van der Waals surface area (Å²) in [4.78, 5) is 14.0. The van der Waals surface area contributed by atoms with Gasteiger partial charge in [-0.2, -0.15) is 0 Å². The van der Waals surface area contributed by atoms with E-state index in [1.807, 2.05) is 4.90 Å². The smallest absolute Gasteiger partial charge is 0.317 e. The molecule has 0 bridgehead atoms. The van der Waals surface area contributed by atoms with Gasteiger partial charge in [-0.25, -0.2) is 4.79 Å². The van der Waals surface area contributed by atoms with Crippen LogP contribution in [0.25, 0.3) is 0 Å². The molecular formula is C13H24N2O. The molecular weight excluding hydrogens is 200 g/mol. The lowest BCUT2D eigenvalue weighted by Gasteiger charge is -2.39. The summed E-state index contributed by atoms with van der Waals surface area (Å²) in [5, 5.41) is 3.24. The van der Waals surface area contributed by atoms with E-state index in [1.165, 1.54) is 32.1 Å². The zero-order chi connectivity index (χ0) is 11.6. The monoisotopic (exact) mass is 224 g/mol. The third-order valence-corrected chi connectivity index (χ3v) is 4.20. The number of hydrogen-bond donors (Lipinski definition) is 1. The van der Waals surface area contributed by atoms with Gasteiger partial charge in [0.2, 0.25) is 0 Å². The molecule has 1 saturated carbocycles. The molecule has 1 heterocycles. The Labute approximate surface area is 98.6 Å². The van der Waals surface area contributed by atoms with Gasteiger partial charge in [-0.3, -0.25) is 0 Å². The maximum absolute atomic E-state index is 12.0. The molecule has 1 unspecified atom stereocenters. The maximum atomic E-state index is 12.0. The fraction of sp³-hybridized carbons (Fsp3) is 0.923. The summed E-state index contributed by atoms with van der Waals surface area (Å²) in [6.45, 7) is 6.44. The summed E-state index contributed by atoms with van der Waals surface area (Å²) >= 11 is 0. The molecule has 1 N–H and O–H groups in total. The Morgan fingerprint density at radius 2 is 1.88 bits per heavy atom. The van der Waals surface area contributed by atoms with Crippen LogP contribution in [0.2, 0.25) is 0 Å². The van der Waals surface area contributed by atoms with Gasteiger partial charge in [-0.05, 0) is 31.1 Å². The van der Waals surface area contributed by atoms with Crippen LogP contribution in [0.3, 0.4) is 0 Å². The Morgan fingerprint density at radius 3 is 2.50 bits per heavy atom. The van der Waals surface area contributed by atoms with Crippen LogP contribution in [0.15, 0.2) is 0 Å². The van der Waals surface area contributed by atoms with Gasteiger partial charge in [-0.15, -0.1) is 0 Å². The first-order valence-corrected chi connectivity index (χ1v) is 6.65. The lowest BCUT2D eigenvalue weighted by atomic mass is 9.73. The maximum Gasteiger partial charge on any atom is 0.317 e. The summed E-state index contributed by atoms with van der Waals surface area (Å²) in [6.07, 6.45) is 7.28. The number of carbonyl (C=O) groups excluding carboxylic acids is 1. The van der Waals surface area contributed by atoms with Crippen LogP contribution in [-0.4, -0.2) is 30.1 Å². The zero-order valence-electron chi connectivity index (χ0n) is 10.6. The highest BCUT2D eigenvalue weighted by Gasteiger charge is 2.34. The molecule has 0 aromatic heterocycles. The molecule has 2 aliphatic rings. The topological polar surface area (TPSA) is 32.3 Å². The number of likely N-dealkylation sites (tertiary alicyclic amines) is 1. The van der Waals surface area contributed by atoms with Crippen molar-refractivity contribution in [3.8, 4) is 0 Å². The number of carbonyl (C=O) groups is 1. The van der Waals surface area contributed by atoms with Gasteiger partial charge in [0.25, 0.3) is 0 Å². The van der Waals surface area contributed by atoms with Gasteiger partial charge >= 0.3 is 6.03 Å². The van der Waals surface area contributed by atoms with Gasteiger partial charge in [0.1, 0.15) is 0 Å². The van der Waals surface area contributed by atoms with Crippen LogP contribution in [0, 0.1) is 5.41 Å². The minimum Gasteiger partial charge on any atom is -0.335 e. The average molecular weight is 224 g/mol. The minimum atomic E-state index is 0.164. The first kappa shape index (κ1) is 11.7. The quantitative estimate of drug-likeness (QED) is 0.730. The molecule has 1 atom stereocenters. The Kier molecular flexibility index (Phi) is 3.41. The summed E-state index contributed by atoms with van der Waals surface area (Å²) in [6, 6.07) is 0.534. The van der Waals surface area contributed by atoms with Crippen LogP contribution in [0.1, 0.15) is 52.4 Å². The third-order valence-electron chi connectivity index (χ3n) is 4.20. The molecule has 2 rings (SSSR count). The van der Waals surface area contributed by atoms with E-state index in [0.717, 1.165) is 19.5 Å². The van der Waals surface area contributed by atoms with Crippen molar-refractivity contribution in [2.45, 2.75) is 58.4 Å². The Balaban J connectivity index is 1.89. The van der Waals surface area contributed by atoms with Crippen LogP contribution in [0.4, 0.5) is 4.79 Å². The molecule has 0 aromatic rings. The lowest BCUT2D eigenvalue weighted by Crippen LogP contribution is -2.50. The summed E-state index contributed by atoms with van der Waals surface area (Å²) in [7, 11) is 0. The molecule has 0 spiro atoms. The van der Waals surface area contributed by atoms with Crippen LogP contribution >= 0.6 is 0 Å². The number of rotatable bonds is 1. The van der Waals surface area contributed by atoms with E-state index in [2.05, 4.69) is 19.2 Å². The molecule has 0 aromatic carbocycles. The second-order valence-electron chi connectivity index (χ2n) is 5.93. The van der Waals surface area contributed by atoms with Crippen LogP contribution in [-0.2, 0) is 0 Å². The lowest BCUT2D eigenvalue weighted by molar-refractivity contribution is 0.152. The molecule has 2 amide bonds. The van der Waals surface area contributed by atoms with Crippen molar-refractivity contribution in [3.05, 3.63) is 0 Å². The zero-order valence-corrected chi connectivity index (χ0v) is 10.6. The molecule has 1 aliphatic carbocycles. The first-order chi connectivity index (χ1) is 7.59.